The first-order valence-corrected chi connectivity index (χ1v) is 6.74. The van der Waals surface area contributed by atoms with Crippen molar-refractivity contribution in [1.29, 1.82) is 0 Å². The van der Waals surface area contributed by atoms with Crippen molar-refractivity contribution in [2.45, 2.75) is 6.61 Å². The topological polar surface area (TPSA) is 41.8 Å². The van der Waals surface area contributed by atoms with Gasteiger partial charge in [0.05, 0.1) is 6.21 Å². The van der Waals surface area contributed by atoms with E-state index in [1.807, 2.05) is 42.5 Å². The summed E-state index contributed by atoms with van der Waals surface area (Å²) in [6, 6.07) is 21.9. The molecule has 0 aliphatic carbocycles. The second-order valence-electron chi connectivity index (χ2n) is 4.74. The Hall–Kier alpha value is -2.81. The standard InChI is InChI=1S/C18H15NO2/c20-19-12-14-5-3-9-17(11-14)21-13-16-8-4-7-15-6-1-2-10-18(15)16/h1-12,20H,13H2/b19-12-. The van der Waals surface area contributed by atoms with Gasteiger partial charge in [0.1, 0.15) is 12.4 Å². The van der Waals surface area contributed by atoms with Crippen molar-refractivity contribution in [3.05, 3.63) is 77.9 Å². The minimum atomic E-state index is 0.501. The van der Waals surface area contributed by atoms with Gasteiger partial charge in [0.25, 0.3) is 0 Å². The highest BCUT2D eigenvalue weighted by atomic mass is 16.5. The predicted molar refractivity (Wildman–Crippen MR) is 84.1 cm³/mol. The van der Waals surface area contributed by atoms with Crippen molar-refractivity contribution in [2.24, 2.45) is 5.16 Å². The smallest absolute Gasteiger partial charge is 0.120 e. The van der Waals surface area contributed by atoms with E-state index in [1.54, 1.807) is 0 Å². The summed E-state index contributed by atoms with van der Waals surface area (Å²) in [6.07, 6.45) is 1.38. The number of rotatable bonds is 4. The highest BCUT2D eigenvalue weighted by molar-refractivity contribution is 5.85. The summed E-state index contributed by atoms with van der Waals surface area (Å²) in [5.74, 6) is 0.750. The Kier molecular flexibility index (Phi) is 3.83. The summed E-state index contributed by atoms with van der Waals surface area (Å²) < 4.78 is 5.84. The van der Waals surface area contributed by atoms with Gasteiger partial charge < -0.3 is 9.94 Å². The molecule has 0 aliphatic heterocycles. The fourth-order valence-electron chi connectivity index (χ4n) is 2.33. The largest absolute Gasteiger partial charge is 0.489 e. The van der Waals surface area contributed by atoms with Crippen LogP contribution in [0, 0.1) is 0 Å². The maximum absolute atomic E-state index is 8.57. The Morgan fingerprint density at radius 2 is 1.76 bits per heavy atom. The van der Waals surface area contributed by atoms with Crippen molar-refractivity contribution < 1.29 is 9.94 Å². The average molecular weight is 277 g/mol. The van der Waals surface area contributed by atoms with Gasteiger partial charge in [-0.05, 0) is 34.0 Å². The van der Waals surface area contributed by atoms with Crippen molar-refractivity contribution in [3.63, 3.8) is 0 Å². The van der Waals surface area contributed by atoms with Gasteiger partial charge in [0, 0.05) is 0 Å². The fourth-order valence-corrected chi connectivity index (χ4v) is 2.33. The third kappa shape index (κ3) is 3.03. The van der Waals surface area contributed by atoms with Gasteiger partial charge in [-0.1, -0.05) is 59.8 Å². The third-order valence-corrected chi connectivity index (χ3v) is 3.34. The molecule has 3 aromatic rings. The van der Waals surface area contributed by atoms with Crippen molar-refractivity contribution >= 4 is 17.0 Å². The van der Waals surface area contributed by atoms with Crippen LogP contribution in [0.25, 0.3) is 10.8 Å². The second-order valence-corrected chi connectivity index (χ2v) is 4.74. The first-order valence-electron chi connectivity index (χ1n) is 6.74. The molecule has 3 nitrogen and oxygen atoms in total. The van der Waals surface area contributed by atoms with Crippen LogP contribution in [0.1, 0.15) is 11.1 Å². The molecule has 0 atom stereocenters. The molecular formula is C18H15NO2. The number of nitrogens with zero attached hydrogens (tertiary/aromatic N) is 1. The minimum absolute atomic E-state index is 0.501. The maximum Gasteiger partial charge on any atom is 0.120 e. The van der Waals surface area contributed by atoms with Crippen LogP contribution in [0.3, 0.4) is 0 Å². The molecule has 0 fully saturated rings. The maximum atomic E-state index is 8.57. The Morgan fingerprint density at radius 3 is 2.67 bits per heavy atom. The van der Waals surface area contributed by atoms with E-state index >= 15 is 0 Å². The lowest BCUT2D eigenvalue weighted by molar-refractivity contribution is 0.307. The van der Waals surface area contributed by atoms with E-state index in [-0.39, 0.29) is 0 Å². The number of ether oxygens (including phenoxy) is 1. The van der Waals surface area contributed by atoms with Crippen LogP contribution in [-0.2, 0) is 6.61 Å². The highest BCUT2D eigenvalue weighted by Crippen LogP contribution is 2.21. The lowest BCUT2D eigenvalue weighted by Gasteiger charge is -2.09. The lowest BCUT2D eigenvalue weighted by Crippen LogP contribution is -1.97. The average Bonchev–Trinajstić information content (AvgIpc) is 2.53. The third-order valence-electron chi connectivity index (χ3n) is 3.34. The Morgan fingerprint density at radius 1 is 0.952 bits per heavy atom. The molecule has 3 aromatic carbocycles. The Labute approximate surface area is 123 Å². The van der Waals surface area contributed by atoms with E-state index in [9.17, 15) is 0 Å². The van der Waals surface area contributed by atoms with Gasteiger partial charge in [-0.3, -0.25) is 0 Å². The normalized spacial score (nSPS) is 11.0. The van der Waals surface area contributed by atoms with Crippen LogP contribution in [0.5, 0.6) is 5.75 Å². The molecular weight excluding hydrogens is 262 g/mol. The zero-order valence-electron chi connectivity index (χ0n) is 11.4. The summed E-state index contributed by atoms with van der Waals surface area (Å²) in [6.45, 7) is 0.501. The number of fused-ring (bicyclic) bond motifs is 1. The molecule has 3 rings (SSSR count). The zero-order valence-corrected chi connectivity index (χ0v) is 11.4. The van der Waals surface area contributed by atoms with Gasteiger partial charge >= 0.3 is 0 Å². The van der Waals surface area contributed by atoms with Crippen LogP contribution in [0.4, 0.5) is 0 Å². The van der Waals surface area contributed by atoms with E-state index in [2.05, 4.69) is 29.4 Å². The molecule has 0 heterocycles. The van der Waals surface area contributed by atoms with Crippen molar-refractivity contribution in [2.75, 3.05) is 0 Å². The second kappa shape index (κ2) is 6.09. The van der Waals surface area contributed by atoms with Crippen LogP contribution in [0.15, 0.2) is 71.9 Å². The van der Waals surface area contributed by atoms with E-state index in [0.717, 1.165) is 16.9 Å². The number of hydrogen-bond donors (Lipinski definition) is 1. The molecule has 1 N–H and O–H groups in total. The number of benzene rings is 3. The lowest BCUT2D eigenvalue weighted by atomic mass is 10.1. The molecule has 0 saturated heterocycles. The van der Waals surface area contributed by atoms with Gasteiger partial charge in [-0.25, -0.2) is 0 Å². The molecule has 104 valence electrons. The van der Waals surface area contributed by atoms with Crippen LogP contribution < -0.4 is 4.74 Å². The summed E-state index contributed by atoms with van der Waals surface area (Å²) in [5, 5.41) is 14.0. The van der Waals surface area contributed by atoms with Gasteiger partial charge in [0.15, 0.2) is 0 Å². The number of oxime groups is 1. The van der Waals surface area contributed by atoms with E-state index in [0.29, 0.717) is 6.61 Å². The summed E-state index contributed by atoms with van der Waals surface area (Å²) >= 11 is 0. The Bertz CT molecular complexity index is 776. The van der Waals surface area contributed by atoms with Crippen molar-refractivity contribution in [3.8, 4) is 5.75 Å². The zero-order chi connectivity index (χ0) is 14.5. The molecule has 0 amide bonds. The summed E-state index contributed by atoms with van der Waals surface area (Å²) in [5.41, 5.74) is 1.95. The first-order chi connectivity index (χ1) is 10.4. The molecule has 0 aromatic heterocycles. The molecule has 0 saturated carbocycles. The quantitative estimate of drug-likeness (QED) is 0.440. The SMILES string of the molecule is O/N=C\c1cccc(OCc2cccc3ccccc23)c1. The van der Waals surface area contributed by atoms with E-state index in [1.165, 1.54) is 17.0 Å². The van der Waals surface area contributed by atoms with E-state index in [4.69, 9.17) is 9.94 Å². The first kappa shape index (κ1) is 13.2. The molecule has 0 aliphatic rings. The molecule has 0 unspecified atom stereocenters. The van der Waals surface area contributed by atoms with Gasteiger partial charge in [-0.2, -0.15) is 0 Å². The van der Waals surface area contributed by atoms with Crippen LogP contribution >= 0.6 is 0 Å². The molecule has 21 heavy (non-hydrogen) atoms. The molecule has 0 bridgehead atoms. The summed E-state index contributed by atoms with van der Waals surface area (Å²) in [7, 11) is 0. The van der Waals surface area contributed by atoms with E-state index < -0.39 is 0 Å². The highest BCUT2D eigenvalue weighted by Gasteiger charge is 2.02. The molecule has 3 heteroatoms. The predicted octanol–water partition coefficient (Wildman–Crippen LogP) is 4.23. The van der Waals surface area contributed by atoms with Crippen molar-refractivity contribution in [1.82, 2.24) is 0 Å². The van der Waals surface area contributed by atoms with Gasteiger partial charge in [-0.15, -0.1) is 0 Å². The fraction of sp³-hybridized carbons (Fsp3) is 0.0556. The van der Waals surface area contributed by atoms with Gasteiger partial charge in [0.2, 0.25) is 0 Å². The Balaban J connectivity index is 1.82. The van der Waals surface area contributed by atoms with Crippen LogP contribution in [-0.4, -0.2) is 11.4 Å². The molecule has 0 spiro atoms. The summed E-state index contributed by atoms with van der Waals surface area (Å²) in [4.78, 5) is 0. The number of hydrogen-bond acceptors (Lipinski definition) is 3. The van der Waals surface area contributed by atoms with Crippen LogP contribution in [0.2, 0.25) is 0 Å². The minimum Gasteiger partial charge on any atom is -0.489 e. The monoisotopic (exact) mass is 277 g/mol. The molecule has 0 radical (unpaired) electrons.